The summed E-state index contributed by atoms with van der Waals surface area (Å²) >= 11 is 0. The SMILES string of the molecule is CC(C)[Si](OC1CCNC(=O)C1)(C(C)C)C(C)C. The zero-order chi connectivity index (χ0) is 13.9. The van der Waals surface area contributed by atoms with Gasteiger partial charge in [0.25, 0.3) is 0 Å². The highest BCUT2D eigenvalue weighted by molar-refractivity contribution is 6.77. The number of carbonyl (C=O) groups excluding carboxylic acids is 1. The molecule has 1 saturated heterocycles. The third-order valence-electron chi connectivity index (χ3n) is 4.28. The van der Waals surface area contributed by atoms with Crippen LogP contribution >= 0.6 is 0 Å². The van der Waals surface area contributed by atoms with Crippen molar-refractivity contribution in [3.8, 4) is 0 Å². The van der Waals surface area contributed by atoms with Crippen LogP contribution in [0.4, 0.5) is 0 Å². The molecule has 1 unspecified atom stereocenters. The van der Waals surface area contributed by atoms with Crippen molar-refractivity contribution >= 4 is 14.2 Å². The maximum atomic E-state index is 11.5. The quantitative estimate of drug-likeness (QED) is 0.778. The molecule has 0 aliphatic carbocycles. The van der Waals surface area contributed by atoms with Gasteiger partial charge in [0.05, 0.1) is 12.5 Å². The molecule has 1 aliphatic rings. The van der Waals surface area contributed by atoms with Crippen molar-refractivity contribution in [3.63, 3.8) is 0 Å². The Labute approximate surface area is 113 Å². The standard InChI is InChI=1S/C14H29NO2Si/c1-10(2)18(11(3)4,12(5)6)17-13-7-8-15-14(16)9-13/h10-13H,7-9H2,1-6H3,(H,15,16). The number of piperidine rings is 1. The van der Waals surface area contributed by atoms with Gasteiger partial charge in [0.2, 0.25) is 14.2 Å². The number of rotatable bonds is 5. The largest absolute Gasteiger partial charge is 0.413 e. The van der Waals surface area contributed by atoms with Crippen molar-refractivity contribution in [3.05, 3.63) is 0 Å². The van der Waals surface area contributed by atoms with E-state index in [0.29, 0.717) is 23.0 Å². The summed E-state index contributed by atoms with van der Waals surface area (Å²) in [5.74, 6) is 0.144. The van der Waals surface area contributed by atoms with Crippen molar-refractivity contribution in [2.75, 3.05) is 6.54 Å². The highest BCUT2D eigenvalue weighted by atomic mass is 28.4. The molecular weight excluding hydrogens is 242 g/mol. The van der Waals surface area contributed by atoms with E-state index in [1.807, 2.05) is 0 Å². The molecule has 3 nitrogen and oxygen atoms in total. The lowest BCUT2D eigenvalue weighted by Crippen LogP contribution is -2.52. The molecule has 0 radical (unpaired) electrons. The molecule has 0 aromatic rings. The number of nitrogens with one attached hydrogen (secondary N) is 1. The number of amides is 1. The van der Waals surface area contributed by atoms with E-state index >= 15 is 0 Å². The molecule has 0 saturated carbocycles. The first-order valence-electron chi connectivity index (χ1n) is 7.25. The number of carbonyl (C=O) groups is 1. The summed E-state index contributed by atoms with van der Waals surface area (Å²) in [6.45, 7) is 14.5. The van der Waals surface area contributed by atoms with E-state index in [1.54, 1.807) is 0 Å². The van der Waals surface area contributed by atoms with Gasteiger partial charge in [0.1, 0.15) is 0 Å². The van der Waals surface area contributed by atoms with Gasteiger partial charge < -0.3 is 9.74 Å². The van der Waals surface area contributed by atoms with Gasteiger partial charge in [-0.3, -0.25) is 4.79 Å². The second-order valence-electron chi connectivity index (χ2n) is 6.40. The summed E-state index contributed by atoms with van der Waals surface area (Å²) < 4.78 is 6.61. The minimum absolute atomic E-state index is 0.137. The average molecular weight is 271 g/mol. The Hall–Kier alpha value is -0.353. The molecule has 1 amide bonds. The summed E-state index contributed by atoms with van der Waals surface area (Å²) in [7, 11) is -1.82. The first-order chi connectivity index (χ1) is 8.30. The lowest BCUT2D eigenvalue weighted by molar-refractivity contribution is -0.124. The van der Waals surface area contributed by atoms with Crippen LogP contribution in [-0.2, 0) is 9.22 Å². The van der Waals surface area contributed by atoms with Crippen LogP contribution in [0.3, 0.4) is 0 Å². The smallest absolute Gasteiger partial charge is 0.222 e. The van der Waals surface area contributed by atoms with Crippen molar-refractivity contribution in [1.82, 2.24) is 5.32 Å². The Kier molecular flexibility index (Phi) is 5.41. The molecule has 1 aliphatic heterocycles. The fourth-order valence-corrected chi connectivity index (χ4v) is 9.15. The van der Waals surface area contributed by atoms with Gasteiger partial charge in [-0.15, -0.1) is 0 Å². The van der Waals surface area contributed by atoms with Crippen LogP contribution in [0, 0.1) is 0 Å². The molecule has 0 spiro atoms. The van der Waals surface area contributed by atoms with E-state index in [1.165, 1.54) is 0 Å². The summed E-state index contributed by atoms with van der Waals surface area (Å²) in [4.78, 5) is 11.5. The molecular formula is C14H29NO2Si. The van der Waals surface area contributed by atoms with E-state index in [9.17, 15) is 4.79 Å². The lowest BCUT2D eigenvalue weighted by Gasteiger charge is -2.45. The zero-order valence-corrected chi connectivity index (χ0v) is 13.7. The molecule has 1 heterocycles. The molecule has 1 rings (SSSR count). The number of hydrogen-bond acceptors (Lipinski definition) is 2. The predicted octanol–water partition coefficient (Wildman–Crippen LogP) is 3.46. The second kappa shape index (κ2) is 6.20. The minimum atomic E-state index is -1.82. The van der Waals surface area contributed by atoms with Gasteiger partial charge in [-0.1, -0.05) is 41.5 Å². The lowest BCUT2D eigenvalue weighted by atomic mass is 10.1. The summed E-state index contributed by atoms with van der Waals surface area (Å²) in [5, 5.41) is 2.88. The van der Waals surface area contributed by atoms with Gasteiger partial charge in [0, 0.05) is 6.54 Å². The zero-order valence-electron chi connectivity index (χ0n) is 12.7. The first kappa shape index (κ1) is 15.7. The molecule has 0 bridgehead atoms. The van der Waals surface area contributed by atoms with Crippen molar-refractivity contribution in [2.24, 2.45) is 0 Å². The molecule has 1 atom stereocenters. The van der Waals surface area contributed by atoms with Crippen molar-refractivity contribution < 1.29 is 9.22 Å². The predicted molar refractivity (Wildman–Crippen MR) is 78.2 cm³/mol. The van der Waals surface area contributed by atoms with Crippen LogP contribution in [0.25, 0.3) is 0 Å². The Bertz CT molecular complexity index is 268. The second-order valence-corrected chi connectivity index (χ2v) is 11.8. The normalized spacial score (nSPS) is 21.8. The molecule has 18 heavy (non-hydrogen) atoms. The van der Waals surface area contributed by atoms with Crippen LogP contribution in [0.1, 0.15) is 54.4 Å². The van der Waals surface area contributed by atoms with E-state index < -0.39 is 8.32 Å². The van der Waals surface area contributed by atoms with E-state index in [-0.39, 0.29) is 12.0 Å². The van der Waals surface area contributed by atoms with Crippen LogP contribution < -0.4 is 5.32 Å². The fourth-order valence-electron chi connectivity index (χ4n) is 3.55. The first-order valence-corrected chi connectivity index (χ1v) is 9.39. The number of hydrogen-bond donors (Lipinski definition) is 1. The highest BCUT2D eigenvalue weighted by Gasteiger charge is 2.46. The molecule has 4 heteroatoms. The Morgan fingerprint density at radius 1 is 1.11 bits per heavy atom. The Balaban J connectivity index is 2.86. The molecule has 106 valence electrons. The molecule has 1 fully saturated rings. The maximum Gasteiger partial charge on any atom is 0.222 e. The monoisotopic (exact) mass is 271 g/mol. The van der Waals surface area contributed by atoms with E-state index in [0.717, 1.165) is 13.0 Å². The van der Waals surface area contributed by atoms with Gasteiger partial charge in [-0.2, -0.15) is 0 Å². The summed E-state index contributed by atoms with van der Waals surface area (Å²) in [5.41, 5.74) is 1.76. The van der Waals surface area contributed by atoms with Gasteiger partial charge >= 0.3 is 0 Å². The minimum Gasteiger partial charge on any atom is -0.413 e. The van der Waals surface area contributed by atoms with Crippen LogP contribution in [0.5, 0.6) is 0 Å². The van der Waals surface area contributed by atoms with Crippen LogP contribution in [0.2, 0.25) is 16.6 Å². The maximum absolute atomic E-state index is 11.5. The Morgan fingerprint density at radius 3 is 2.00 bits per heavy atom. The van der Waals surface area contributed by atoms with Gasteiger partial charge in [-0.05, 0) is 23.0 Å². The van der Waals surface area contributed by atoms with Crippen molar-refractivity contribution in [2.45, 2.75) is 77.1 Å². The molecule has 0 aromatic carbocycles. The van der Waals surface area contributed by atoms with E-state index in [4.69, 9.17) is 4.43 Å². The third-order valence-corrected chi connectivity index (χ3v) is 10.4. The van der Waals surface area contributed by atoms with Crippen molar-refractivity contribution in [1.29, 1.82) is 0 Å². The topological polar surface area (TPSA) is 38.3 Å². The highest BCUT2D eigenvalue weighted by Crippen LogP contribution is 2.43. The van der Waals surface area contributed by atoms with Crippen LogP contribution in [-0.4, -0.2) is 26.9 Å². The van der Waals surface area contributed by atoms with Gasteiger partial charge in [0.15, 0.2) is 0 Å². The fraction of sp³-hybridized carbons (Fsp3) is 0.929. The Morgan fingerprint density at radius 2 is 1.61 bits per heavy atom. The van der Waals surface area contributed by atoms with E-state index in [2.05, 4.69) is 46.9 Å². The molecule has 1 N–H and O–H groups in total. The van der Waals surface area contributed by atoms with Gasteiger partial charge in [-0.25, -0.2) is 0 Å². The summed E-state index contributed by atoms with van der Waals surface area (Å²) in [6, 6.07) is 0. The van der Waals surface area contributed by atoms with Crippen LogP contribution in [0.15, 0.2) is 0 Å². The molecule has 0 aromatic heterocycles. The third kappa shape index (κ3) is 3.15. The summed E-state index contributed by atoms with van der Waals surface area (Å²) in [6.07, 6.45) is 1.64. The average Bonchev–Trinajstić information content (AvgIpc) is 2.24.